The van der Waals surface area contributed by atoms with E-state index in [0.717, 1.165) is 38.5 Å². The van der Waals surface area contributed by atoms with Crippen LogP contribution in [0.25, 0.3) is 0 Å². The zero-order chi connectivity index (χ0) is 17.2. The molecule has 0 aliphatic heterocycles. The summed E-state index contributed by atoms with van der Waals surface area (Å²) >= 11 is 0. The normalized spacial score (nSPS) is 21.6. The molecule has 1 rings (SSSR count). The molecule has 0 fully saturated rings. The van der Waals surface area contributed by atoms with Crippen molar-refractivity contribution < 1.29 is 14.3 Å². The topological polar surface area (TPSA) is 35.5 Å². The summed E-state index contributed by atoms with van der Waals surface area (Å²) in [6.07, 6.45) is 12.8. The summed E-state index contributed by atoms with van der Waals surface area (Å²) in [6, 6.07) is 0. The van der Waals surface area contributed by atoms with Gasteiger partial charge in [0.2, 0.25) is 0 Å². The van der Waals surface area contributed by atoms with Crippen molar-refractivity contribution in [1.29, 1.82) is 0 Å². The molecular weight excluding hydrogens is 288 g/mol. The minimum absolute atomic E-state index is 0.144. The number of hydrogen-bond donors (Lipinski definition) is 0. The van der Waals surface area contributed by atoms with Gasteiger partial charge in [0.25, 0.3) is 0 Å². The maximum atomic E-state index is 11.7. The first kappa shape index (κ1) is 19.7. The lowest BCUT2D eigenvalue weighted by atomic mass is 9.85. The molecule has 1 aliphatic carbocycles. The van der Waals surface area contributed by atoms with Crippen molar-refractivity contribution in [3.8, 4) is 0 Å². The van der Waals surface area contributed by atoms with E-state index in [1.54, 1.807) is 7.11 Å². The Morgan fingerprint density at radius 3 is 2.57 bits per heavy atom. The third-order valence-electron chi connectivity index (χ3n) is 4.40. The highest BCUT2D eigenvalue weighted by Gasteiger charge is 2.31. The second-order valence-corrected chi connectivity index (χ2v) is 6.60. The molecule has 0 heterocycles. The molecule has 0 saturated carbocycles. The van der Waals surface area contributed by atoms with Gasteiger partial charge in [0.1, 0.15) is 0 Å². The SMILES string of the molecule is COC(=O)[C@H]1CCC(CC/C=C(\C)CCC=C(C)C)=C[C@@H]1OC. The summed E-state index contributed by atoms with van der Waals surface area (Å²) < 4.78 is 10.3. The molecule has 2 atom stereocenters. The molecule has 23 heavy (non-hydrogen) atoms. The molecule has 0 aromatic rings. The first-order chi connectivity index (χ1) is 11.0. The Kier molecular flexibility index (Phi) is 8.93. The summed E-state index contributed by atoms with van der Waals surface area (Å²) in [5.74, 6) is -0.322. The Bertz CT molecular complexity index is 467. The Balaban J connectivity index is 2.47. The molecule has 0 bridgehead atoms. The Morgan fingerprint density at radius 1 is 1.22 bits per heavy atom. The number of carbonyl (C=O) groups excluding carboxylic acids is 1. The molecule has 0 unspecified atom stereocenters. The second kappa shape index (κ2) is 10.4. The molecule has 0 aromatic carbocycles. The molecule has 0 N–H and O–H groups in total. The number of methoxy groups -OCH3 is 2. The minimum Gasteiger partial charge on any atom is -0.469 e. The van der Waals surface area contributed by atoms with E-state index in [9.17, 15) is 4.79 Å². The van der Waals surface area contributed by atoms with Gasteiger partial charge in [-0.05, 0) is 59.3 Å². The number of allylic oxidation sites excluding steroid dienone is 5. The fraction of sp³-hybridized carbons (Fsp3) is 0.650. The van der Waals surface area contributed by atoms with Gasteiger partial charge in [-0.3, -0.25) is 4.79 Å². The van der Waals surface area contributed by atoms with Gasteiger partial charge in [0.15, 0.2) is 0 Å². The van der Waals surface area contributed by atoms with E-state index < -0.39 is 0 Å². The zero-order valence-corrected chi connectivity index (χ0v) is 15.4. The molecule has 0 radical (unpaired) electrons. The van der Waals surface area contributed by atoms with Crippen molar-refractivity contribution >= 4 is 5.97 Å². The van der Waals surface area contributed by atoms with Gasteiger partial charge in [-0.1, -0.05) is 34.9 Å². The van der Waals surface area contributed by atoms with Gasteiger partial charge in [-0.15, -0.1) is 0 Å². The number of carbonyl (C=O) groups is 1. The fourth-order valence-electron chi connectivity index (χ4n) is 2.98. The molecule has 130 valence electrons. The van der Waals surface area contributed by atoms with Crippen LogP contribution in [-0.4, -0.2) is 26.3 Å². The molecular formula is C20H32O3. The Hall–Kier alpha value is -1.35. The number of esters is 1. The van der Waals surface area contributed by atoms with Gasteiger partial charge < -0.3 is 9.47 Å². The van der Waals surface area contributed by atoms with E-state index in [-0.39, 0.29) is 18.0 Å². The highest BCUT2D eigenvalue weighted by atomic mass is 16.5. The number of rotatable bonds is 8. The lowest BCUT2D eigenvalue weighted by molar-refractivity contribution is -0.149. The molecule has 0 saturated heterocycles. The van der Waals surface area contributed by atoms with Crippen LogP contribution in [0.3, 0.4) is 0 Å². The van der Waals surface area contributed by atoms with E-state index in [4.69, 9.17) is 9.47 Å². The standard InChI is InChI=1S/C20H32O3/c1-15(2)8-6-9-16(3)10-7-11-17-12-13-18(20(21)23-5)19(14-17)22-4/h8,10,14,18-19H,6-7,9,11-13H2,1-5H3/b16-10+/t18-,19-/m0/s1. The second-order valence-electron chi connectivity index (χ2n) is 6.60. The first-order valence-corrected chi connectivity index (χ1v) is 8.57. The molecule has 1 aliphatic rings. The Morgan fingerprint density at radius 2 is 1.96 bits per heavy atom. The van der Waals surface area contributed by atoms with Crippen molar-refractivity contribution in [2.45, 2.75) is 65.4 Å². The third-order valence-corrected chi connectivity index (χ3v) is 4.40. The van der Waals surface area contributed by atoms with Gasteiger partial charge in [0, 0.05) is 7.11 Å². The highest BCUT2D eigenvalue weighted by molar-refractivity contribution is 5.73. The quantitative estimate of drug-likeness (QED) is 0.467. The number of ether oxygens (including phenoxy) is 2. The van der Waals surface area contributed by atoms with Gasteiger partial charge in [0.05, 0.1) is 19.1 Å². The first-order valence-electron chi connectivity index (χ1n) is 8.57. The van der Waals surface area contributed by atoms with Crippen molar-refractivity contribution in [2.24, 2.45) is 5.92 Å². The van der Waals surface area contributed by atoms with Crippen LogP contribution >= 0.6 is 0 Å². The van der Waals surface area contributed by atoms with Crippen molar-refractivity contribution in [1.82, 2.24) is 0 Å². The summed E-state index contributed by atoms with van der Waals surface area (Å²) in [4.78, 5) is 11.7. The summed E-state index contributed by atoms with van der Waals surface area (Å²) in [6.45, 7) is 6.49. The van der Waals surface area contributed by atoms with Crippen molar-refractivity contribution in [2.75, 3.05) is 14.2 Å². The van der Waals surface area contributed by atoms with Gasteiger partial charge in [-0.25, -0.2) is 0 Å². The molecule has 3 heteroatoms. The van der Waals surface area contributed by atoms with Gasteiger partial charge >= 0.3 is 5.97 Å². The van der Waals surface area contributed by atoms with Crippen LogP contribution < -0.4 is 0 Å². The van der Waals surface area contributed by atoms with Crippen LogP contribution in [-0.2, 0) is 14.3 Å². The van der Waals surface area contributed by atoms with E-state index in [2.05, 4.69) is 39.0 Å². The average molecular weight is 320 g/mol. The minimum atomic E-state index is -0.165. The van der Waals surface area contributed by atoms with Crippen LogP contribution in [0.1, 0.15) is 59.3 Å². The van der Waals surface area contributed by atoms with Crippen LogP contribution in [0.15, 0.2) is 34.9 Å². The van der Waals surface area contributed by atoms with E-state index in [0.29, 0.717) is 0 Å². The molecule has 0 spiro atoms. The van der Waals surface area contributed by atoms with E-state index >= 15 is 0 Å². The van der Waals surface area contributed by atoms with Crippen molar-refractivity contribution in [3.05, 3.63) is 34.9 Å². The summed E-state index contributed by atoms with van der Waals surface area (Å²) in [5, 5.41) is 0. The monoisotopic (exact) mass is 320 g/mol. The van der Waals surface area contributed by atoms with Crippen LogP contribution in [0, 0.1) is 5.92 Å². The third kappa shape index (κ3) is 7.17. The zero-order valence-electron chi connectivity index (χ0n) is 15.4. The van der Waals surface area contributed by atoms with Crippen molar-refractivity contribution in [3.63, 3.8) is 0 Å². The fourth-order valence-corrected chi connectivity index (χ4v) is 2.98. The maximum Gasteiger partial charge on any atom is 0.311 e. The molecule has 0 aromatic heterocycles. The summed E-state index contributed by atoms with van der Waals surface area (Å²) in [5.41, 5.74) is 4.23. The largest absolute Gasteiger partial charge is 0.469 e. The highest BCUT2D eigenvalue weighted by Crippen LogP contribution is 2.29. The predicted octanol–water partition coefficient (Wildman–Crippen LogP) is 4.98. The van der Waals surface area contributed by atoms with E-state index in [1.807, 2.05) is 0 Å². The molecule has 0 amide bonds. The summed E-state index contributed by atoms with van der Waals surface area (Å²) in [7, 11) is 3.10. The smallest absolute Gasteiger partial charge is 0.311 e. The Labute approximate surface area is 141 Å². The van der Waals surface area contributed by atoms with Crippen LogP contribution in [0.2, 0.25) is 0 Å². The lowest BCUT2D eigenvalue weighted by Gasteiger charge is -2.27. The predicted molar refractivity (Wildman–Crippen MR) is 95.3 cm³/mol. The maximum absolute atomic E-state index is 11.7. The van der Waals surface area contributed by atoms with Crippen LogP contribution in [0.5, 0.6) is 0 Å². The average Bonchev–Trinajstić information content (AvgIpc) is 2.53. The lowest BCUT2D eigenvalue weighted by Crippen LogP contribution is -2.32. The van der Waals surface area contributed by atoms with E-state index in [1.165, 1.54) is 23.8 Å². The number of hydrogen-bond acceptors (Lipinski definition) is 3. The van der Waals surface area contributed by atoms with Gasteiger partial charge in [-0.2, -0.15) is 0 Å². The van der Waals surface area contributed by atoms with Crippen LogP contribution in [0.4, 0.5) is 0 Å². The molecule has 3 nitrogen and oxygen atoms in total.